The Hall–Kier alpha value is -1.64. The van der Waals surface area contributed by atoms with Gasteiger partial charge in [0.05, 0.1) is 11.5 Å². The Morgan fingerprint density at radius 3 is 2.41 bits per heavy atom. The van der Waals surface area contributed by atoms with Gasteiger partial charge in [-0.05, 0) is 44.5 Å². The molecule has 0 fully saturated rings. The van der Waals surface area contributed by atoms with E-state index in [1.807, 2.05) is 6.92 Å². The second-order valence-corrected chi connectivity index (χ2v) is 6.09. The van der Waals surface area contributed by atoms with Crippen molar-refractivity contribution in [3.8, 4) is 0 Å². The van der Waals surface area contributed by atoms with Crippen LogP contribution in [-0.4, -0.2) is 40.9 Å². The van der Waals surface area contributed by atoms with Crippen LogP contribution in [0, 0.1) is 0 Å². The largest absolute Gasteiger partial charge is 0.450 e. The van der Waals surface area contributed by atoms with Crippen molar-refractivity contribution in [3.63, 3.8) is 0 Å². The first-order valence-corrected chi connectivity index (χ1v) is 8.59. The maximum Gasteiger partial charge on any atom is 0.411 e. The van der Waals surface area contributed by atoms with E-state index in [9.17, 15) is 13.2 Å². The van der Waals surface area contributed by atoms with E-state index >= 15 is 0 Å². The molecule has 1 amide bonds. The molecule has 0 aliphatic heterocycles. The lowest BCUT2D eigenvalue weighted by atomic mass is 10.3. The van der Waals surface area contributed by atoms with Gasteiger partial charge >= 0.3 is 6.09 Å². The third-order valence-electron chi connectivity index (χ3n) is 2.65. The summed E-state index contributed by atoms with van der Waals surface area (Å²) in [5.41, 5.74) is 0.466. The zero-order valence-electron chi connectivity index (χ0n) is 12.8. The van der Waals surface area contributed by atoms with Crippen LogP contribution in [0.25, 0.3) is 0 Å². The number of ether oxygens (including phenoxy) is 2. The number of anilines is 1. The van der Waals surface area contributed by atoms with Gasteiger partial charge in [-0.15, -0.1) is 0 Å². The molecule has 2 N–H and O–H groups in total. The van der Waals surface area contributed by atoms with Crippen LogP contribution in [0.5, 0.6) is 0 Å². The molecule has 124 valence electrons. The fourth-order valence-corrected chi connectivity index (χ4v) is 2.69. The second kappa shape index (κ2) is 9.39. The van der Waals surface area contributed by atoms with Crippen molar-refractivity contribution in [2.75, 3.05) is 31.7 Å². The zero-order valence-corrected chi connectivity index (χ0v) is 13.6. The molecule has 1 aromatic rings. The molecule has 0 saturated carbocycles. The summed E-state index contributed by atoms with van der Waals surface area (Å²) < 4.78 is 36.4. The van der Waals surface area contributed by atoms with Crippen molar-refractivity contribution in [3.05, 3.63) is 24.3 Å². The van der Waals surface area contributed by atoms with Crippen LogP contribution >= 0.6 is 0 Å². The van der Waals surface area contributed by atoms with Gasteiger partial charge < -0.3 is 9.47 Å². The van der Waals surface area contributed by atoms with Crippen LogP contribution in [0.4, 0.5) is 10.5 Å². The summed E-state index contributed by atoms with van der Waals surface area (Å²) in [5.74, 6) is 0. The summed E-state index contributed by atoms with van der Waals surface area (Å²) >= 11 is 0. The predicted molar refractivity (Wildman–Crippen MR) is 83.4 cm³/mol. The Labute approximate surface area is 131 Å². The summed E-state index contributed by atoms with van der Waals surface area (Å²) in [6, 6.07) is 5.86. The molecule has 0 atom stereocenters. The maximum atomic E-state index is 12.0. The molecule has 0 radical (unpaired) electrons. The molecule has 0 heterocycles. The monoisotopic (exact) mass is 330 g/mol. The molecule has 0 aromatic heterocycles. The molecule has 7 nitrogen and oxygen atoms in total. The highest BCUT2D eigenvalue weighted by molar-refractivity contribution is 7.89. The lowest BCUT2D eigenvalue weighted by molar-refractivity contribution is 0.146. The van der Waals surface area contributed by atoms with Crippen molar-refractivity contribution in [1.82, 2.24) is 4.72 Å². The minimum Gasteiger partial charge on any atom is -0.450 e. The first-order valence-electron chi connectivity index (χ1n) is 7.10. The molecule has 1 rings (SSSR count). The molecule has 0 spiro atoms. The highest BCUT2D eigenvalue weighted by atomic mass is 32.2. The van der Waals surface area contributed by atoms with Crippen LogP contribution in [-0.2, 0) is 19.5 Å². The molecule has 8 heteroatoms. The van der Waals surface area contributed by atoms with Crippen molar-refractivity contribution in [1.29, 1.82) is 0 Å². The molecular weight excluding hydrogens is 308 g/mol. The molecule has 0 saturated heterocycles. The molecule has 1 aromatic carbocycles. The van der Waals surface area contributed by atoms with Gasteiger partial charge in [0.1, 0.15) is 0 Å². The van der Waals surface area contributed by atoms with E-state index in [1.165, 1.54) is 24.3 Å². The summed E-state index contributed by atoms with van der Waals surface area (Å²) in [6.07, 6.45) is 0.0300. The normalized spacial score (nSPS) is 11.2. The minimum absolute atomic E-state index is 0.137. The summed E-state index contributed by atoms with van der Waals surface area (Å²) in [5, 5.41) is 2.49. The first-order chi connectivity index (χ1) is 10.5. The van der Waals surface area contributed by atoms with E-state index in [1.54, 1.807) is 6.92 Å². The Balaban J connectivity index is 2.55. The van der Waals surface area contributed by atoms with Crippen LogP contribution in [0.3, 0.4) is 0 Å². The number of carbonyl (C=O) groups is 1. The molecular formula is C14H22N2O5S. The van der Waals surface area contributed by atoms with Crippen LogP contribution in [0.2, 0.25) is 0 Å². The number of carbonyl (C=O) groups excluding carboxylic acids is 1. The SMILES string of the molecule is CCOCCCNS(=O)(=O)c1ccc(NC(=O)OCC)cc1. The Kier molecular flexibility index (Phi) is 7.86. The molecule has 0 aliphatic rings. The average Bonchev–Trinajstić information content (AvgIpc) is 2.48. The van der Waals surface area contributed by atoms with Gasteiger partial charge in [0.2, 0.25) is 10.0 Å². The maximum absolute atomic E-state index is 12.0. The van der Waals surface area contributed by atoms with E-state index < -0.39 is 16.1 Å². The van der Waals surface area contributed by atoms with E-state index in [-0.39, 0.29) is 11.5 Å². The van der Waals surface area contributed by atoms with Crippen LogP contribution in [0.15, 0.2) is 29.2 Å². The topological polar surface area (TPSA) is 93.7 Å². The number of nitrogens with one attached hydrogen (secondary N) is 2. The average molecular weight is 330 g/mol. The van der Waals surface area contributed by atoms with Gasteiger partial charge in [-0.25, -0.2) is 17.9 Å². The third kappa shape index (κ3) is 6.42. The number of benzene rings is 1. The van der Waals surface area contributed by atoms with Crippen molar-refractivity contribution >= 4 is 21.8 Å². The minimum atomic E-state index is -3.55. The van der Waals surface area contributed by atoms with Gasteiger partial charge in [0.25, 0.3) is 0 Å². The van der Waals surface area contributed by atoms with E-state index in [4.69, 9.17) is 9.47 Å². The lowest BCUT2D eigenvalue weighted by Crippen LogP contribution is -2.25. The standard InChI is InChI=1S/C14H22N2O5S/c1-3-20-11-5-10-15-22(18,19)13-8-6-12(7-9-13)16-14(17)21-4-2/h6-9,15H,3-5,10-11H2,1-2H3,(H,16,17). The Bertz CT molecular complexity index is 557. The zero-order chi connectivity index (χ0) is 16.4. The summed E-state index contributed by atoms with van der Waals surface area (Å²) in [6.45, 7) is 5.29. The van der Waals surface area contributed by atoms with Gasteiger partial charge in [0.15, 0.2) is 0 Å². The van der Waals surface area contributed by atoms with Crippen molar-refractivity contribution in [2.45, 2.75) is 25.2 Å². The molecule has 0 aliphatic carbocycles. The van der Waals surface area contributed by atoms with E-state index in [0.29, 0.717) is 31.9 Å². The fraction of sp³-hybridized carbons (Fsp3) is 0.500. The molecule has 0 unspecified atom stereocenters. The van der Waals surface area contributed by atoms with E-state index in [0.717, 1.165) is 0 Å². The Morgan fingerprint density at radius 2 is 1.82 bits per heavy atom. The second-order valence-electron chi connectivity index (χ2n) is 4.32. The Morgan fingerprint density at radius 1 is 1.14 bits per heavy atom. The first kappa shape index (κ1) is 18.4. The van der Waals surface area contributed by atoms with Gasteiger partial charge in [0, 0.05) is 25.4 Å². The highest BCUT2D eigenvalue weighted by Gasteiger charge is 2.13. The van der Waals surface area contributed by atoms with E-state index in [2.05, 4.69) is 10.0 Å². The van der Waals surface area contributed by atoms with Crippen LogP contribution < -0.4 is 10.0 Å². The highest BCUT2D eigenvalue weighted by Crippen LogP contribution is 2.14. The lowest BCUT2D eigenvalue weighted by Gasteiger charge is -2.08. The number of sulfonamides is 1. The third-order valence-corrected chi connectivity index (χ3v) is 4.13. The smallest absolute Gasteiger partial charge is 0.411 e. The van der Waals surface area contributed by atoms with Crippen molar-refractivity contribution < 1.29 is 22.7 Å². The van der Waals surface area contributed by atoms with Gasteiger partial charge in [-0.3, -0.25) is 5.32 Å². The number of hydrogen-bond acceptors (Lipinski definition) is 5. The number of hydrogen-bond donors (Lipinski definition) is 2. The van der Waals surface area contributed by atoms with Crippen LogP contribution in [0.1, 0.15) is 20.3 Å². The summed E-state index contributed by atoms with van der Waals surface area (Å²) in [7, 11) is -3.55. The fourth-order valence-electron chi connectivity index (χ4n) is 1.61. The molecule has 0 bridgehead atoms. The van der Waals surface area contributed by atoms with Gasteiger partial charge in [-0.1, -0.05) is 0 Å². The predicted octanol–water partition coefficient (Wildman–Crippen LogP) is 1.96. The van der Waals surface area contributed by atoms with Gasteiger partial charge in [-0.2, -0.15) is 0 Å². The molecule has 22 heavy (non-hydrogen) atoms. The summed E-state index contributed by atoms with van der Waals surface area (Å²) in [4.78, 5) is 11.4. The quantitative estimate of drug-likeness (QED) is 0.675. The number of amides is 1. The number of rotatable bonds is 9. The van der Waals surface area contributed by atoms with Crippen molar-refractivity contribution in [2.24, 2.45) is 0 Å².